The molecule has 0 radical (unpaired) electrons. The molecule has 1 atom stereocenters. The average Bonchev–Trinajstić information content (AvgIpc) is 2.53. The van der Waals surface area contributed by atoms with Crippen LogP contribution in [0.3, 0.4) is 0 Å². The van der Waals surface area contributed by atoms with Crippen LogP contribution in [0.4, 0.5) is 0 Å². The van der Waals surface area contributed by atoms with Crippen molar-refractivity contribution in [2.45, 2.75) is 26.2 Å². The molecule has 70 valence electrons. The van der Waals surface area contributed by atoms with E-state index in [0.717, 1.165) is 5.92 Å². The summed E-state index contributed by atoms with van der Waals surface area (Å²) in [5, 5.41) is 0.625. The minimum atomic E-state index is 0.625. The molecule has 0 saturated heterocycles. The molecule has 3 heteroatoms. The van der Waals surface area contributed by atoms with Gasteiger partial charge in [0.1, 0.15) is 5.15 Å². The maximum Gasteiger partial charge on any atom is 0.143 e. The summed E-state index contributed by atoms with van der Waals surface area (Å²) in [4.78, 5) is 1.25. The van der Waals surface area contributed by atoms with Crippen LogP contribution in [0, 0.1) is 5.92 Å². The Labute approximate surface area is 87.6 Å². The van der Waals surface area contributed by atoms with E-state index in [4.69, 9.17) is 11.6 Å². The Bertz CT molecular complexity index is 329. The highest BCUT2D eigenvalue weighted by Crippen LogP contribution is 2.32. The molecule has 0 bridgehead atoms. The highest BCUT2D eigenvalue weighted by molar-refractivity contribution is 7.07. The van der Waals surface area contributed by atoms with Gasteiger partial charge in [0, 0.05) is 0 Å². The Morgan fingerprint density at radius 1 is 1.62 bits per heavy atom. The maximum absolute atomic E-state index is 5.78. The fourth-order valence-electron chi connectivity index (χ4n) is 1.59. The number of hydrogen-bond donors (Lipinski definition) is 0. The van der Waals surface area contributed by atoms with Crippen molar-refractivity contribution < 1.29 is 0 Å². The summed E-state index contributed by atoms with van der Waals surface area (Å²) in [6.07, 6.45) is 6.00. The van der Waals surface area contributed by atoms with Crippen LogP contribution in [0.1, 0.15) is 31.1 Å². The van der Waals surface area contributed by atoms with Crippen LogP contribution in [0.25, 0.3) is 5.57 Å². The normalized spacial score (nSPS) is 22.9. The van der Waals surface area contributed by atoms with E-state index >= 15 is 0 Å². The van der Waals surface area contributed by atoms with Gasteiger partial charge in [-0.15, -0.1) is 0 Å². The molecular formula is C10H12ClNS. The summed E-state index contributed by atoms with van der Waals surface area (Å²) in [6, 6.07) is 1.97. The van der Waals surface area contributed by atoms with Gasteiger partial charge in [0.25, 0.3) is 0 Å². The first-order chi connectivity index (χ1) is 6.25. The van der Waals surface area contributed by atoms with Crippen LogP contribution in [0.15, 0.2) is 12.1 Å². The third kappa shape index (κ3) is 2.12. The zero-order valence-electron chi connectivity index (χ0n) is 7.59. The van der Waals surface area contributed by atoms with Gasteiger partial charge in [-0.25, -0.2) is 0 Å². The second kappa shape index (κ2) is 3.81. The zero-order chi connectivity index (χ0) is 9.26. The van der Waals surface area contributed by atoms with Crippen molar-refractivity contribution in [1.82, 2.24) is 4.37 Å². The second-order valence-electron chi connectivity index (χ2n) is 3.62. The van der Waals surface area contributed by atoms with E-state index in [-0.39, 0.29) is 0 Å². The van der Waals surface area contributed by atoms with Gasteiger partial charge >= 0.3 is 0 Å². The molecule has 0 saturated carbocycles. The summed E-state index contributed by atoms with van der Waals surface area (Å²) in [5.74, 6) is 0.840. The molecule has 1 aromatic heterocycles. The number of aromatic nitrogens is 1. The van der Waals surface area contributed by atoms with Crippen molar-refractivity contribution in [3.8, 4) is 0 Å². The first-order valence-electron chi connectivity index (χ1n) is 4.57. The minimum absolute atomic E-state index is 0.625. The van der Waals surface area contributed by atoms with Gasteiger partial charge in [-0.3, -0.25) is 0 Å². The Balaban J connectivity index is 2.18. The number of allylic oxidation sites excluding steroid dienone is 2. The fraction of sp³-hybridized carbons (Fsp3) is 0.500. The molecule has 1 heterocycles. The third-order valence-corrected chi connectivity index (χ3v) is 3.63. The van der Waals surface area contributed by atoms with Crippen molar-refractivity contribution in [3.63, 3.8) is 0 Å². The van der Waals surface area contributed by atoms with E-state index in [0.29, 0.717) is 5.15 Å². The molecular weight excluding hydrogens is 202 g/mol. The molecule has 1 aliphatic rings. The van der Waals surface area contributed by atoms with Gasteiger partial charge < -0.3 is 0 Å². The van der Waals surface area contributed by atoms with E-state index in [2.05, 4.69) is 17.4 Å². The van der Waals surface area contributed by atoms with Crippen LogP contribution >= 0.6 is 23.1 Å². The van der Waals surface area contributed by atoms with Crippen molar-refractivity contribution in [1.29, 1.82) is 0 Å². The van der Waals surface area contributed by atoms with Gasteiger partial charge in [-0.1, -0.05) is 24.6 Å². The Hall–Kier alpha value is -0.340. The van der Waals surface area contributed by atoms with E-state index in [1.54, 1.807) is 0 Å². The quantitative estimate of drug-likeness (QED) is 0.687. The lowest BCUT2D eigenvalue weighted by molar-refractivity contribution is 0.534. The van der Waals surface area contributed by atoms with E-state index < -0.39 is 0 Å². The Morgan fingerprint density at radius 2 is 2.46 bits per heavy atom. The van der Waals surface area contributed by atoms with Crippen LogP contribution in [-0.4, -0.2) is 4.37 Å². The van der Waals surface area contributed by atoms with Gasteiger partial charge in [-0.2, -0.15) is 4.37 Å². The smallest absolute Gasteiger partial charge is 0.143 e. The molecule has 2 rings (SSSR count). The summed E-state index contributed by atoms with van der Waals surface area (Å²) in [5.41, 5.74) is 1.43. The number of rotatable bonds is 1. The van der Waals surface area contributed by atoms with E-state index in [1.165, 1.54) is 41.2 Å². The molecule has 0 spiro atoms. The number of hydrogen-bond acceptors (Lipinski definition) is 2. The van der Waals surface area contributed by atoms with Crippen molar-refractivity contribution in [2.75, 3.05) is 0 Å². The molecule has 1 nitrogen and oxygen atoms in total. The highest BCUT2D eigenvalue weighted by atomic mass is 35.5. The first kappa shape index (κ1) is 9.22. The van der Waals surface area contributed by atoms with Crippen LogP contribution in [0.2, 0.25) is 5.15 Å². The molecule has 0 amide bonds. The van der Waals surface area contributed by atoms with Crippen molar-refractivity contribution in [2.24, 2.45) is 5.92 Å². The van der Waals surface area contributed by atoms with Crippen molar-refractivity contribution >= 4 is 28.7 Å². The maximum atomic E-state index is 5.78. The molecule has 0 N–H and O–H groups in total. The molecule has 1 aromatic rings. The van der Waals surface area contributed by atoms with Crippen LogP contribution in [-0.2, 0) is 0 Å². The summed E-state index contributed by atoms with van der Waals surface area (Å²) >= 11 is 7.29. The molecule has 1 aliphatic carbocycles. The third-order valence-electron chi connectivity index (χ3n) is 2.47. The highest BCUT2D eigenvalue weighted by Gasteiger charge is 2.13. The van der Waals surface area contributed by atoms with E-state index in [9.17, 15) is 0 Å². The Morgan fingerprint density at radius 3 is 3.00 bits per heavy atom. The zero-order valence-corrected chi connectivity index (χ0v) is 9.16. The lowest BCUT2D eigenvalue weighted by Gasteiger charge is -2.16. The van der Waals surface area contributed by atoms with Crippen LogP contribution < -0.4 is 0 Å². The predicted octanol–water partition coefficient (Wildman–Crippen LogP) is 4.00. The fourth-order valence-corrected chi connectivity index (χ4v) is 2.58. The predicted molar refractivity (Wildman–Crippen MR) is 58.1 cm³/mol. The molecule has 0 aliphatic heterocycles. The minimum Gasteiger partial charge on any atom is -0.180 e. The summed E-state index contributed by atoms with van der Waals surface area (Å²) < 4.78 is 4.08. The van der Waals surface area contributed by atoms with Crippen molar-refractivity contribution in [3.05, 3.63) is 22.2 Å². The van der Waals surface area contributed by atoms with Gasteiger partial charge in [0.2, 0.25) is 0 Å². The van der Waals surface area contributed by atoms with Crippen LogP contribution in [0.5, 0.6) is 0 Å². The first-order valence-corrected chi connectivity index (χ1v) is 5.72. The standard InChI is InChI=1S/C10H12ClNS/c1-7-2-4-8(5-3-7)9-6-10(11)12-13-9/h4,6-7H,2-3,5H2,1H3. The number of nitrogens with zero attached hydrogens (tertiary/aromatic N) is 1. The summed E-state index contributed by atoms with van der Waals surface area (Å²) in [6.45, 7) is 2.30. The van der Waals surface area contributed by atoms with Gasteiger partial charge in [0.05, 0.1) is 4.88 Å². The van der Waals surface area contributed by atoms with Gasteiger partial charge in [0.15, 0.2) is 0 Å². The van der Waals surface area contributed by atoms with Gasteiger partial charge in [-0.05, 0) is 48.4 Å². The molecule has 1 unspecified atom stereocenters. The SMILES string of the molecule is CC1CC=C(c2cc(Cl)ns2)CC1. The second-order valence-corrected chi connectivity index (χ2v) is 4.82. The Kier molecular flexibility index (Phi) is 2.70. The monoisotopic (exact) mass is 213 g/mol. The lowest BCUT2D eigenvalue weighted by atomic mass is 9.90. The largest absolute Gasteiger partial charge is 0.180 e. The molecule has 0 fully saturated rings. The average molecular weight is 214 g/mol. The van der Waals surface area contributed by atoms with E-state index in [1.807, 2.05) is 6.07 Å². The number of halogens is 1. The topological polar surface area (TPSA) is 12.9 Å². The lowest BCUT2D eigenvalue weighted by Crippen LogP contribution is -1.99. The molecule has 0 aromatic carbocycles. The summed E-state index contributed by atoms with van der Waals surface area (Å²) in [7, 11) is 0. The molecule has 13 heavy (non-hydrogen) atoms.